The Bertz CT molecular complexity index is 1220. The average molecular weight is 575 g/mol. The number of benzene rings is 1. The highest BCUT2D eigenvalue weighted by Gasteiger charge is 2.26. The standard InChI is InChI=1S/C25H29N7O.HI.2H2/c1-25(2,3)20-5-4-6-21(30-20)31-22-18(23(33)28-16-9-10-16)14-27-24(32-22)29-17-8-7-15-11-12-26-19(15)13-17;;;/h4-8,13-14,16,26H,9-12H2,1-3H3,(H,28,33)(H2,27,29,30,31,32);3*1H. The fourth-order valence-corrected chi connectivity index (χ4v) is 3.74. The van der Waals surface area contributed by atoms with Gasteiger partial charge in [0, 0.05) is 44.1 Å². The van der Waals surface area contributed by atoms with Crippen LogP contribution >= 0.6 is 24.0 Å². The van der Waals surface area contributed by atoms with Gasteiger partial charge in [-0.25, -0.2) is 9.97 Å². The Balaban J connectivity index is 0.00000152. The van der Waals surface area contributed by atoms with E-state index >= 15 is 0 Å². The number of carbonyl (C=O) groups excluding carboxylic acids is 1. The van der Waals surface area contributed by atoms with E-state index in [4.69, 9.17) is 4.98 Å². The summed E-state index contributed by atoms with van der Waals surface area (Å²) in [5.41, 5.74) is 4.57. The molecule has 1 aliphatic carbocycles. The van der Waals surface area contributed by atoms with Gasteiger partial charge in [0.2, 0.25) is 5.95 Å². The van der Waals surface area contributed by atoms with Gasteiger partial charge in [-0.15, -0.1) is 24.0 Å². The maximum Gasteiger partial charge on any atom is 0.256 e. The molecular weight excluding hydrogens is 541 g/mol. The Morgan fingerprint density at radius 2 is 1.94 bits per heavy atom. The van der Waals surface area contributed by atoms with Crippen molar-refractivity contribution in [3.8, 4) is 0 Å². The van der Waals surface area contributed by atoms with E-state index in [-0.39, 0.29) is 44.2 Å². The van der Waals surface area contributed by atoms with Crippen molar-refractivity contribution in [3.63, 3.8) is 0 Å². The molecule has 5 rings (SSSR count). The molecule has 2 aliphatic rings. The van der Waals surface area contributed by atoms with Crippen LogP contribution in [0.1, 0.15) is 58.1 Å². The summed E-state index contributed by atoms with van der Waals surface area (Å²) in [6.45, 7) is 7.30. The number of fused-ring (bicyclic) bond motifs is 1. The predicted molar refractivity (Wildman–Crippen MR) is 150 cm³/mol. The first-order valence-electron chi connectivity index (χ1n) is 11.4. The van der Waals surface area contributed by atoms with Crippen molar-refractivity contribution in [2.75, 3.05) is 22.5 Å². The van der Waals surface area contributed by atoms with Crippen LogP contribution in [0, 0.1) is 0 Å². The zero-order valence-corrected chi connectivity index (χ0v) is 21.9. The summed E-state index contributed by atoms with van der Waals surface area (Å²) < 4.78 is 0. The van der Waals surface area contributed by atoms with Crippen LogP contribution in [0.5, 0.6) is 0 Å². The van der Waals surface area contributed by atoms with Gasteiger partial charge in [0.05, 0.1) is 0 Å². The molecule has 0 spiro atoms. The number of halogens is 1. The molecule has 0 atom stereocenters. The van der Waals surface area contributed by atoms with Gasteiger partial charge in [0.15, 0.2) is 0 Å². The highest BCUT2D eigenvalue weighted by Crippen LogP contribution is 2.28. The summed E-state index contributed by atoms with van der Waals surface area (Å²) in [7, 11) is 0. The first kappa shape index (κ1) is 24.2. The molecule has 4 N–H and O–H groups in total. The van der Waals surface area contributed by atoms with Gasteiger partial charge in [-0.2, -0.15) is 4.98 Å². The number of anilines is 5. The molecule has 34 heavy (non-hydrogen) atoms. The second kappa shape index (κ2) is 9.73. The van der Waals surface area contributed by atoms with Gasteiger partial charge >= 0.3 is 0 Å². The van der Waals surface area contributed by atoms with Gasteiger partial charge in [0.25, 0.3) is 5.91 Å². The lowest BCUT2D eigenvalue weighted by molar-refractivity contribution is 0.0951. The molecule has 0 radical (unpaired) electrons. The average Bonchev–Trinajstić information content (AvgIpc) is 3.46. The number of nitrogens with zero attached hydrogens (tertiary/aromatic N) is 3. The zero-order valence-electron chi connectivity index (χ0n) is 19.6. The number of pyridine rings is 1. The van der Waals surface area contributed by atoms with Crippen molar-refractivity contribution >= 4 is 58.8 Å². The Labute approximate surface area is 219 Å². The smallest absolute Gasteiger partial charge is 0.256 e. The SMILES string of the molecule is CC(C)(C)c1cccc(Nc2nc(Nc3ccc4c(c3)NCC4)ncc2C(=O)NC2CC2)n1.I.[HH].[HH]. The number of hydrogen-bond donors (Lipinski definition) is 4. The number of rotatable bonds is 6. The molecule has 0 unspecified atom stereocenters. The maximum atomic E-state index is 12.8. The minimum atomic E-state index is -0.180. The lowest BCUT2D eigenvalue weighted by Gasteiger charge is -2.19. The van der Waals surface area contributed by atoms with Crippen LogP contribution in [0.15, 0.2) is 42.6 Å². The highest BCUT2D eigenvalue weighted by atomic mass is 127. The monoisotopic (exact) mass is 575 g/mol. The van der Waals surface area contributed by atoms with Crippen molar-refractivity contribution in [1.29, 1.82) is 0 Å². The largest absolute Gasteiger partial charge is 0.384 e. The van der Waals surface area contributed by atoms with Crippen LogP contribution in [0.3, 0.4) is 0 Å². The molecule has 1 aromatic carbocycles. The second-order valence-corrected chi connectivity index (χ2v) is 9.66. The number of aromatic nitrogens is 3. The van der Waals surface area contributed by atoms with E-state index in [0.717, 1.165) is 42.9 Å². The molecule has 1 fully saturated rings. The molecule has 3 aromatic rings. The first-order valence-corrected chi connectivity index (χ1v) is 11.4. The van der Waals surface area contributed by atoms with Gasteiger partial charge < -0.3 is 21.3 Å². The fraction of sp³-hybridized carbons (Fsp3) is 0.360. The molecule has 1 aliphatic heterocycles. The number of carbonyl (C=O) groups is 1. The van der Waals surface area contributed by atoms with Crippen LogP contribution in [0.2, 0.25) is 0 Å². The molecule has 182 valence electrons. The Kier molecular flexibility index (Phi) is 6.92. The Hall–Kier alpha value is -2.95. The number of amides is 1. The Morgan fingerprint density at radius 3 is 2.71 bits per heavy atom. The summed E-state index contributed by atoms with van der Waals surface area (Å²) in [5, 5.41) is 12.9. The normalized spacial score (nSPS) is 14.4. The molecule has 2 aromatic heterocycles. The van der Waals surface area contributed by atoms with E-state index in [2.05, 4.69) is 64.1 Å². The molecule has 8 nitrogen and oxygen atoms in total. The fourth-order valence-electron chi connectivity index (χ4n) is 3.74. The lowest BCUT2D eigenvalue weighted by Crippen LogP contribution is -2.26. The molecule has 3 heterocycles. The third kappa shape index (κ3) is 5.57. The Morgan fingerprint density at radius 1 is 1.12 bits per heavy atom. The van der Waals surface area contributed by atoms with Crippen LogP contribution in [0.25, 0.3) is 0 Å². The van der Waals surface area contributed by atoms with Crippen LogP contribution in [-0.4, -0.2) is 33.4 Å². The van der Waals surface area contributed by atoms with E-state index in [1.165, 1.54) is 5.56 Å². The summed E-state index contributed by atoms with van der Waals surface area (Å²) in [6, 6.07) is 12.3. The van der Waals surface area contributed by atoms with Gasteiger partial charge in [-0.3, -0.25) is 4.79 Å². The van der Waals surface area contributed by atoms with Crippen molar-refractivity contribution in [3.05, 3.63) is 59.4 Å². The summed E-state index contributed by atoms with van der Waals surface area (Å²) in [4.78, 5) is 26.6. The molecule has 0 saturated heterocycles. The van der Waals surface area contributed by atoms with Crippen molar-refractivity contribution in [1.82, 2.24) is 20.3 Å². The van der Waals surface area contributed by atoms with E-state index in [1.54, 1.807) is 6.20 Å². The third-order valence-electron chi connectivity index (χ3n) is 5.79. The minimum absolute atomic E-state index is 0. The summed E-state index contributed by atoms with van der Waals surface area (Å²) >= 11 is 0. The molecular formula is C25H34IN7O. The third-order valence-corrected chi connectivity index (χ3v) is 5.79. The maximum absolute atomic E-state index is 12.8. The number of hydrogen-bond acceptors (Lipinski definition) is 7. The molecule has 1 saturated carbocycles. The van der Waals surface area contributed by atoms with Crippen molar-refractivity contribution in [2.45, 2.75) is 51.5 Å². The van der Waals surface area contributed by atoms with E-state index in [1.807, 2.05) is 24.3 Å². The second-order valence-electron chi connectivity index (χ2n) is 9.66. The molecule has 1 amide bonds. The minimum Gasteiger partial charge on any atom is -0.384 e. The molecule has 9 heteroatoms. The van der Waals surface area contributed by atoms with Gasteiger partial charge in [-0.1, -0.05) is 32.9 Å². The van der Waals surface area contributed by atoms with Crippen molar-refractivity contribution < 1.29 is 7.65 Å². The lowest BCUT2D eigenvalue weighted by atomic mass is 9.92. The van der Waals surface area contributed by atoms with Crippen LogP contribution in [-0.2, 0) is 11.8 Å². The first-order chi connectivity index (χ1) is 15.8. The van der Waals surface area contributed by atoms with Gasteiger partial charge in [-0.05, 0) is 49.1 Å². The van der Waals surface area contributed by atoms with E-state index in [9.17, 15) is 4.79 Å². The predicted octanol–water partition coefficient (Wildman–Crippen LogP) is 5.63. The van der Waals surface area contributed by atoms with Crippen LogP contribution in [0.4, 0.5) is 29.0 Å². The quantitative estimate of drug-likeness (QED) is 0.283. The van der Waals surface area contributed by atoms with Crippen LogP contribution < -0.4 is 21.3 Å². The topological polar surface area (TPSA) is 104 Å². The number of nitrogens with one attached hydrogen (secondary N) is 4. The van der Waals surface area contributed by atoms with E-state index in [0.29, 0.717) is 23.1 Å². The summed E-state index contributed by atoms with van der Waals surface area (Å²) in [5.74, 6) is 1.28. The van der Waals surface area contributed by atoms with E-state index < -0.39 is 0 Å². The van der Waals surface area contributed by atoms with Crippen molar-refractivity contribution in [2.24, 2.45) is 0 Å². The molecule has 0 bridgehead atoms. The summed E-state index contributed by atoms with van der Waals surface area (Å²) in [6.07, 6.45) is 4.62. The zero-order chi connectivity index (χ0) is 23.0. The highest BCUT2D eigenvalue weighted by molar-refractivity contribution is 14.0. The van der Waals surface area contributed by atoms with Gasteiger partial charge in [0.1, 0.15) is 17.2 Å².